The minimum Gasteiger partial charge on any atom is -0.342 e. The lowest BCUT2D eigenvalue weighted by Crippen LogP contribution is -2.41. The normalized spacial score (nSPS) is 21.2. The number of nitrogens with zero attached hydrogens (tertiary/aromatic N) is 5. The molecule has 1 unspecified atom stereocenters. The van der Waals surface area contributed by atoms with Gasteiger partial charge in [-0.05, 0) is 25.5 Å². The minimum atomic E-state index is 0.217. The van der Waals surface area contributed by atoms with Crippen LogP contribution in [0.3, 0.4) is 0 Å². The van der Waals surface area contributed by atoms with E-state index in [4.69, 9.17) is 0 Å². The third-order valence-electron chi connectivity index (χ3n) is 5.31. The zero-order chi connectivity index (χ0) is 17.2. The first kappa shape index (κ1) is 16.3. The molecule has 0 bridgehead atoms. The molecule has 1 saturated heterocycles. The van der Waals surface area contributed by atoms with Gasteiger partial charge in [0.1, 0.15) is 11.6 Å². The molecule has 6 nitrogen and oxygen atoms in total. The Morgan fingerprint density at radius 1 is 1.16 bits per heavy atom. The summed E-state index contributed by atoms with van der Waals surface area (Å²) in [4.78, 5) is 17.0. The summed E-state index contributed by atoms with van der Waals surface area (Å²) >= 11 is 0. The van der Waals surface area contributed by atoms with E-state index in [-0.39, 0.29) is 5.91 Å². The van der Waals surface area contributed by atoms with E-state index >= 15 is 0 Å². The van der Waals surface area contributed by atoms with Crippen molar-refractivity contribution in [2.75, 3.05) is 26.7 Å². The van der Waals surface area contributed by atoms with E-state index in [1.807, 2.05) is 35.2 Å². The second kappa shape index (κ2) is 6.96. The number of hydrogen-bond acceptors (Lipinski definition) is 4. The van der Waals surface area contributed by atoms with E-state index in [1.54, 1.807) is 0 Å². The van der Waals surface area contributed by atoms with Crippen molar-refractivity contribution >= 4 is 5.91 Å². The lowest BCUT2D eigenvalue weighted by Gasteiger charge is -2.33. The van der Waals surface area contributed by atoms with E-state index in [2.05, 4.69) is 26.7 Å². The van der Waals surface area contributed by atoms with Crippen molar-refractivity contribution in [2.24, 2.45) is 0 Å². The molecule has 1 aromatic heterocycles. The number of benzene rings is 1. The van der Waals surface area contributed by atoms with Crippen molar-refractivity contribution in [2.45, 2.75) is 38.3 Å². The topological polar surface area (TPSA) is 54.3 Å². The van der Waals surface area contributed by atoms with Crippen LogP contribution in [-0.4, -0.2) is 57.2 Å². The van der Waals surface area contributed by atoms with Crippen LogP contribution in [0.15, 0.2) is 30.3 Å². The van der Waals surface area contributed by atoms with Crippen LogP contribution < -0.4 is 0 Å². The van der Waals surface area contributed by atoms with Gasteiger partial charge in [-0.3, -0.25) is 9.69 Å². The molecule has 1 atom stereocenters. The van der Waals surface area contributed by atoms with Crippen molar-refractivity contribution in [3.8, 4) is 0 Å². The van der Waals surface area contributed by atoms with Crippen LogP contribution in [-0.2, 0) is 24.3 Å². The third kappa shape index (κ3) is 3.44. The molecule has 0 saturated carbocycles. The van der Waals surface area contributed by atoms with E-state index in [9.17, 15) is 4.79 Å². The third-order valence-corrected chi connectivity index (χ3v) is 5.31. The molecule has 6 heteroatoms. The number of carbonyl (C=O) groups excluding carboxylic acids is 1. The summed E-state index contributed by atoms with van der Waals surface area (Å²) in [5, 5.41) is 8.87. The highest BCUT2D eigenvalue weighted by atomic mass is 16.2. The maximum Gasteiger partial charge on any atom is 0.227 e. The molecular formula is C19H25N5O. The van der Waals surface area contributed by atoms with Crippen molar-refractivity contribution in [1.82, 2.24) is 24.6 Å². The minimum absolute atomic E-state index is 0.217. The van der Waals surface area contributed by atoms with Gasteiger partial charge in [-0.2, -0.15) is 0 Å². The second-order valence-electron chi connectivity index (χ2n) is 7.21. The van der Waals surface area contributed by atoms with Crippen LogP contribution in [0.1, 0.15) is 36.0 Å². The Morgan fingerprint density at radius 2 is 2.00 bits per heavy atom. The van der Waals surface area contributed by atoms with Crippen molar-refractivity contribution in [3.05, 3.63) is 47.5 Å². The number of hydrogen-bond donors (Lipinski definition) is 0. The summed E-state index contributed by atoms with van der Waals surface area (Å²) in [7, 11) is 2.11. The Morgan fingerprint density at radius 3 is 2.84 bits per heavy atom. The summed E-state index contributed by atoms with van der Waals surface area (Å²) in [6, 6.07) is 9.99. The van der Waals surface area contributed by atoms with Crippen molar-refractivity contribution in [1.29, 1.82) is 0 Å². The predicted octanol–water partition coefficient (Wildman–Crippen LogP) is 1.67. The Kier molecular flexibility index (Phi) is 4.53. The van der Waals surface area contributed by atoms with E-state index in [0.717, 1.165) is 62.8 Å². The molecule has 4 rings (SSSR count). The number of fused-ring (bicyclic) bond motifs is 1. The maximum atomic E-state index is 12.7. The average Bonchev–Trinajstić information content (AvgIpc) is 3.05. The van der Waals surface area contributed by atoms with Gasteiger partial charge in [0.25, 0.3) is 0 Å². The molecule has 0 radical (unpaired) electrons. The van der Waals surface area contributed by atoms with Crippen LogP contribution in [0.2, 0.25) is 0 Å². The summed E-state index contributed by atoms with van der Waals surface area (Å²) in [5.41, 5.74) is 1.08. The smallest absolute Gasteiger partial charge is 0.227 e. The summed E-state index contributed by atoms with van der Waals surface area (Å²) < 4.78 is 2.27. The zero-order valence-corrected chi connectivity index (χ0v) is 14.8. The highest BCUT2D eigenvalue weighted by Gasteiger charge is 2.30. The van der Waals surface area contributed by atoms with Gasteiger partial charge in [0.05, 0.1) is 13.0 Å². The van der Waals surface area contributed by atoms with Crippen LogP contribution in [0.25, 0.3) is 0 Å². The van der Waals surface area contributed by atoms with Gasteiger partial charge in [-0.25, -0.2) is 0 Å². The molecule has 0 spiro atoms. The van der Waals surface area contributed by atoms with Gasteiger partial charge >= 0.3 is 0 Å². The maximum absolute atomic E-state index is 12.7. The largest absolute Gasteiger partial charge is 0.342 e. The highest BCUT2D eigenvalue weighted by molar-refractivity contribution is 5.78. The van der Waals surface area contributed by atoms with Gasteiger partial charge in [-0.15, -0.1) is 10.2 Å². The van der Waals surface area contributed by atoms with Crippen LogP contribution in [0, 0.1) is 0 Å². The molecule has 132 valence electrons. The van der Waals surface area contributed by atoms with E-state index in [1.165, 1.54) is 0 Å². The molecule has 2 aliphatic rings. The summed E-state index contributed by atoms with van der Waals surface area (Å²) in [6.07, 6.45) is 2.60. The van der Waals surface area contributed by atoms with Gasteiger partial charge in [0.2, 0.25) is 5.91 Å². The quantitative estimate of drug-likeness (QED) is 0.854. The molecule has 1 amide bonds. The zero-order valence-electron chi connectivity index (χ0n) is 14.8. The first-order chi connectivity index (χ1) is 12.2. The number of likely N-dealkylation sites (N-methyl/N-ethyl adjacent to an activating group) is 1. The van der Waals surface area contributed by atoms with Gasteiger partial charge < -0.3 is 9.47 Å². The second-order valence-corrected chi connectivity index (χ2v) is 7.21. The number of rotatable bonds is 3. The lowest BCUT2D eigenvalue weighted by atomic mass is 9.96. The fraction of sp³-hybridized carbons (Fsp3) is 0.526. The molecule has 2 aliphatic heterocycles. The molecule has 1 aromatic carbocycles. The van der Waals surface area contributed by atoms with E-state index < -0.39 is 0 Å². The Balaban J connectivity index is 1.45. The number of likely N-dealkylation sites (tertiary alicyclic amines) is 1. The monoisotopic (exact) mass is 339 g/mol. The molecule has 2 aromatic rings. The standard InChI is InChI=1S/C19H25N5O/c1-22-10-11-24-17(14-22)20-21-19(24)16-8-5-9-23(13-16)18(25)12-15-6-3-2-4-7-15/h2-4,6-7,16H,5,8-14H2,1H3. The Hall–Kier alpha value is -2.21. The SMILES string of the molecule is CN1CCn2c(nnc2C2CCCN(C(=O)Cc3ccccc3)C2)C1. The molecule has 0 N–H and O–H groups in total. The fourth-order valence-electron chi connectivity index (χ4n) is 3.90. The Bertz CT molecular complexity index is 742. The summed E-state index contributed by atoms with van der Waals surface area (Å²) in [5.74, 6) is 2.64. The number of carbonyl (C=O) groups is 1. The average molecular weight is 339 g/mol. The van der Waals surface area contributed by atoms with Crippen LogP contribution in [0.4, 0.5) is 0 Å². The number of amides is 1. The van der Waals surface area contributed by atoms with Crippen LogP contribution >= 0.6 is 0 Å². The Labute approximate surface area is 148 Å². The molecule has 25 heavy (non-hydrogen) atoms. The van der Waals surface area contributed by atoms with Crippen molar-refractivity contribution < 1.29 is 4.79 Å². The fourth-order valence-corrected chi connectivity index (χ4v) is 3.90. The lowest BCUT2D eigenvalue weighted by molar-refractivity contribution is -0.131. The number of aromatic nitrogens is 3. The number of piperidine rings is 1. The molecule has 1 fully saturated rings. The molecule has 0 aliphatic carbocycles. The molecular weight excluding hydrogens is 314 g/mol. The highest BCUT2D eigenvalue weighted by Crippen LogP contribution is 2.27. The van der Waals surface area contributed by atoms with Gasteiger partial charge in [-0.1, -0.05) is 30.3 Å². The molecule has 3 heterocycles. The first-order valence-electron chi connectivity index (χ1n) is 9.13. The van der Waals surface area contributed by atoms with Gasteiger partial charge in [0.15, 0.2) is 0 Å². The first-order valence-corrected chi connectivity index (χ1v) is 9.13. The predicted molar refractivity (Wildman–Crippen MR) is 95.1 cm³/mol. The van der Waals surface area contributed by atoms with Crippen LogP contribution in [0.5, 0.6) is 0 Å². The van der Waals surface area contributed by atoms with Crippen molar-refractivity contribution in [3.63, 3.8) is 0 Å². The summed E-state index contributed by atoms with van der Waals surface area (Å²) in [6.45, 7) is 4.45. The van der Waals surface area contributed by atoms with Gasteiger partial charge in [0, 0.05) is 32.1 Å². The van der Waals surface area contributed by atoms with E-state index in [0.29, 0.717) is 12.3 Å².